The number of nitrogens with one attached hydrogen (secondary N) is 1. The molecule has 1 amide bonds. The van der Waals surface area contributed by atoms with Gasteiger partial charge in [0.25, 0.3) is 10.0 Å². The number of hydrogen-bond acceptors (Lipinski definition) is 5. The molecule has 0 aromatic carbocycles. The Hall–Kier alpha value is -0.670. The molecule has 1 N–H and O–H groups in total. The molecule has 130 valence electrons. The van der Waals surface area contributed by atoms with Crippen molar-refractivity contribution in [3.05, 3.63) is 16.5 Å². The van der Waals surface area contributed by atoms with Gasteiger partial charge in [-0.3, -0.25) is 4.79 Å². The van der Waals surface area contributed by atoms with Crippen molar-refractivity contribution in [2.75, 3.05) is 33.4 Å². The van der Waals surface area contributed by atoms with Crippen LogP contribution in [0, 0.1) is 5.92 Å². The molecule has 1 heterocycles. The monoisotopic (exact) mass is 380 g/mol. The van der Waals surface area contributed by atoms with Crippen molar-refractivity contribution < 1.29 is 17.9 Å². The molecule has 1 aromatic rings. The molecule has 1 saturated carbocycles. The summed E-state index contributed by atoms with van der Waals surface area (Å²) in [6.07, 6.45) is 3.23. The highest BCUT2D eigenvalue weighted by atomic mass is 35.5. The summed E-state index contributed by atoms with van der Waals surface area (Å²) >= 11 is 6.73. The zero-order valence-electron chi connectivity index (χ0n) is 13.0. The first kappa shape index (κ1) is 18.7. The Kier molecular flexibility index (Phi) is 6.84. The highest BCUT2D eigenvalue weighted by molar-refractivity contribution is 7.91. The smallest absolute Gasteiger partial charge is 0.252 e. The zero-order chi connectivity index (χ0) is 16.9. The van der Waals surface area contributed by atoms with E-state index < -0.39 is 10.0 Å². The average molecular weight is 381 g/mol. The van der Waals surface area contributed by atoms with Crippen LogP contribution in [0.1, 0.15) is 19.3 Å². The summed E-state index contributed by atoms with van der Waals surface area (Å²) in [6, 6.07) is 2.96. The molecule has 0 aliphatic heterocycles. The number of carbonyl (C=O) groups excluding carboxylic acids is 1. The van der Waals surface area contributed by atoms with Crippen LogP contribution in [0.3, 0.4) is 0 Å². The number of rotatable bonds is 10. The summed E-state index contributed by atoms with van der Waals surface area (Å²) in [7, 11) is -2.30. The third-order valence-electron chi connectivity index (χ3n) is 3.42. The lowest BCUT2D eigenvalue weighted by Crippen LogP contribution is -2.38. The second-order valence-electron chi connectivity index (χ2n) is 5.54. The number of ether oxygens (including phenoxy) is 1. The van der Waals surface area contributed by atoms with Crippen molar-refractivity contribution in [3.63, 3.8) is 0 Å². The first-order chi connectivity index (χ1) is 10.9. The number of thiophene rings is 1. The van der Waals surface area contributed by atoms with E-state index in [-0.39, 0.29) is 16.7 Å². The SMILES string of the molecule is CN(CC(=O)NCCCOCC1CC1)S(=O)(=O)c1ccc(Cl)s1. The van der Waals surface area contributed by atoms with Crippen LogP contribution in [0.15, 0.2) is 16.3 Å². The zero-order valence-corrected chi connectivity index (χ0v) is 15.3. The Morgan fingerprint density at radius 2 is 2.22 bits per heavy atom. The highest BCUT2D eigenvalue weighted by Crippen LogP contribution is 2.28. The number of halogens is 1. The van der Waals surface area contributed by atoms with Gasteiger partial charge in [0.2, 0.25) is 5.91 Å². The van der Waals surface area contributed by atoms with Crippen LogP contribution >= 0.6 is 22.9 Å². The summed E-state index contributed by atoms with van der Waals surface area (Å²) in [5.74, 6) is 0.398. The van der Waals surface area contributed by atoms with E-state index in [2.05, 4.69) is 5.32 Å². The summed E-state index contributed by atoms with van der Waals surface area (Å²) < 4.78 is 31.5. The van der Waals surface area contributed by atoms with Gasteiger partial charge in [-0.25, -0.2) is 8.42 Å². The van der Waals surface area contributed by atoms with Gasteiger partial charge in [0.1, 0.15) is 4.21 Å². The first-order valence-corrected chi connectivity index (χ1v) is 10.1. The van der Waals surface area contributed by atoms with Crippen molar-refractivity contribution in [2.45, 2.75) is 23.5 Å². The Bertz CT molecular complexity index is 628. The number of likely N-dealkylation sites (N-methyl/N-ethyl adjacent to an activating group) is 1. The number of sulfonamides is 1. The maximum atomic E-state index is 12.2. The molecule has 0 bridgehead atoms. The predicted molar refractivity (Wildman–Crippen MR) is 90.3 cm³/mol. The van der Waals surface area contributed by atoms with E-state index in [0.29, 0.717) is 17.5 Å². The second-order valence-corrected chi connectivity index (χ2v) is 9.53. The fourth-order valence-electron chi connectivity index (χ4n) is 1.87. The lowest BCUT2D eigenvalue weighted by atomic mass is 10.4. The van der Waals surface area contributed by atoms with Crippen LogP contribution in [0.5, 0.6) is 0 Å². The summed E-state index contributed by atoms with van der Waals surface area (Å²) in [6.45, 7) is 1.67. The number of amides is 1. The molecule has 0 atom stereocenters. The molecule has 0 saturated heterocycles. The number of nitrogens with zero attached hydrogens (tertiary/aromatic N) is 1. The van der Waals surface area contributed by atoms with Crippen molar-refractivity contribution in [3.8, 4) is 0 Å². The Labute approximate surface area is 145 Å². The van der Waals surface area contributed by atoms with Crippen LogP contribution in [0.2, 0.25) is 4.34 Å². The lowest BCUT2D eigenvalue weighted by Gasteiger charge is -2.15. The fourth-order valence-corrected chi connectivity index (χ4v) is 4.69. The fraction of sp³-hybridized carbons (Fsp3) is 0.643. The van der Waals surface area contributed by atoms with Crippen molar-refractivity contribution in [1.82, 2.24) is 9.62 Å². The Morgan fingerprint density at radius 1 is 1.48 bits per heavy atom. The van der Waals surface area contributed by atoms with E-state index in [9.17, 15) is 13.2 Å². The van der Waals surface area contributed by atoms with Gasteiger partial charge in [0.15, 0.2) is 0 Å². The molecule has 1 aliphatic carbocycles. The van der Waals surface area contributed by atoms with E-state index in [1.54, 1.807) is 0 Å². The summed E-state index contributed by atoms with van der Waals surface area (Å²) in [4.78, 5) is 11.8. The quantitative estimate of drug-likeness (QED) is 0.629. The van der Waals surface area contributed by atoms with Gasteiger partial charge in [-0.15, -0.1) is 11.3 Å². The molecule has 1 fully saturated rings. The van der Waals surface area contributed by atoms with Crippen LogP contribution in [0.4, 0.5) is 0 Å². The largest absolute Gasteiger partial charge is 0.381 e. The maximum absolute atomic E-state index is 12.2. The third kappa shape index (κ3) is 6.04. The first-order valence-electron chi connectivity index (χ1n) is 7.45. The summed E-state index contributed by atoms with van der Waals surface area (Å²) in [5, 5.41) is 2.70. The molecule has 0 radical (unpaired) electrons. The van der Waals surface area contributed by atoms with Crippen molar-refractivity contribution >= 4 is 38.9 Å². The average Bonchev–Trinajstić information content (AvgIpc) is 3.21. The van der Waals surface area contributed by atoms with E-state index in [0.717, 1.165) is 34.6 Å². The van der Waals surface area contributed by atoms with Crippen molar-refractivity contribution in [2.24, 2.45) is 5.92 Å². The molecule has 0 spiro atoms. The second kappa shape index (κ2) is 8.43. The molecule has 9 heteroatoms. The van der Waals surface area contributed by atoms with Crippen LogP contribution in [-0.2, 0) is 19.6 Å². The highest BCUT2D eigenvalue weighted by Gasteiger charge is 2.24. The van der Waals surface area contributed by atoms with Gasteiger partial charge in [-0.1, -0.05) is 11.6 Å². The van der Waals surface area contributed by atoms with Gasteiger partial charge in [0, 0.05) is 26.8 Å². The predicted octanol–water partition coefficient (Wildman–Crippen LogP) is 1.95. The minimum atomic E-state index is -3.67. The minimum Gasteiger partial charge on any atom is -0.381 e. The molecule has 6 nitrogen and oxygen atoms in total. The minimum absolute atomic E-state index is 0.131. The standard InChI is InChI=1S/C14H21ClN2O4S2/c1-17(23(19,20)14-6-5-12(15)22-14)9-13(18)16-7-2-8-21-10-11-3-4-11/h5-6,11H,2-4,7-10H2,1H3,(H,16,18). The molecule has 2 rings (SSSR count). The molecular formula is C14H21ClN2O4S2. The number of hydrogen-bond donors (Lipinski definition) is 1. The van der Waals surface area contributed by atoms with E-state index >= 15 is 0 Å². The molecule has 0 unspecified atom stereocenters. The lowest BCUT2D eigenvalue weighted by molar-refractivity contribution is -0.121. The maximum Gasteiger partial charge on any atom is 0.252 e. The molecule has 23 heavy (non-hydrogen) atoms. The van der Waals surface area contributed by atoms with Crippen LogP contribution in [0.25, 0.3) is 0 Å². The van der Waals surface area contributed by atoms with Gasteiger partial charge >= 0.3 is 0 Å². The van der Waals surface area contributed by atoms with E-state index in [1.807, 2.05) is 0 Å². The summed E-state index contributed by atoms with van der Waals surface area (Å²) in [5.41, 5.74) is 0. The van der Waals surface area contributed by atoms with Crippen LogP contribution < -0.4 is 5.32 Å². The third-order valence-corrected chi connectivity index (χ3v) is 6.92. The van der Waals surface area contributed by atoms with Gasteiger partial charge in [-0.2, -0.15) is 4.31 Å². The number of carbonyl (C=O) groups is 1. The van der Waals surface area contributed by atoms with Gasteiger partial charge in [-0.05, 0) is 37.3 Å². The normalized spacial score (nSPS) is 15.1. The van der Waals surface area contributed by atoms with E-state index in [4.69, 9.17) is 16.3 Å². The van der Waals surface area contributed by atoms with Gasteiger partial charge < -0.3 is 10.1 Å². The topological polar surface area (TPSA) is 75.7 Å². The van der Waals surface area contributed by atoms with Crippen LogP contribution in [-0.4, -0.2) is 52.0 Å². The Morgan fingerprint density at radius 3 is 2.83 bits per heavy atom. The molecule has 1 aromatic heterocycles. The van der Waals surface area contributed by atoms with Gasteiger partial charge in [0.05, 0.1) is 10.9 Å². The van der Waals surface area contributed by atoms with Crippen molar-refractivity contribution in [1.29, 1.82) is 0 Å². The van der Waals surface area contributed by atoms with E-state index in [1.165, 1.54) is 32.0 Å². The molecular weight excluding hydrogens is 360 g/mol. The Balaban J connectivity index is 1.67. The molecule has 1 aliphatic rings.